The van der Waals surface area contributed by atoms with Crippen LogP contribution in [-0.4, -0.2) is 50.5 Å². The topological polar surface area (TPSA) is 86.8 Å². The Labute approximate surface area is 204 Å². The minimum absolute atomic E-state index is 0.0544. The average Bonchev–Trinajstić information content (AvgIpc) is 2.80. The van der Waals surface area contributed by atoms with Gasteiger partial charge in [-0.2, -0.15) is 0 Å². The molecule has 0 spiro atoms. The summed E-state index contributed by atoms with van der Waals surface area (Å²) in [5.74, 6) is -3.48. The number of amides is 2. The third-order valence-electron chi connectivity index (χ3n) is 5.33. The van der Waals surface area contributed by atoms with E-state index in [-0.39, 0.29) is 37.5 Å². The fourth-order valence-corrected chi connectivity index (χ4v) is 4.37. The molecule has 2 rings (SSSR count). The van der Waals surface area contributed by atoms with E-state index >= 15 is 0 Å². The molecule has 0 aromatic heterocycles. The zero-order chi connectivity index (χ0) is 26.2. The van der Waals surface area contributed by atoms with Gasteiger partial charge in [-0.25, -0.2) is 21.6 Å². The van der Waals surface area contributed by atoms with Gasteiger partial charge in [0, 0.05) is 32.1 Å². The Balaban J connectivity index is 2.16. The van der Waals surface area contributed by atoms with E-state index in [0.29, 0.717) is 12.1 Å². The van der Waals surface area contributed by atoms with Crippen molar-refractivity contribution in [3.05, 3.63) is 65.5 Å². The summed E-state index contributed by atoms with van der Waals surface area (Å²) >= 11 is 0. The molecule has 0 bridgehead atoms. The van der Waals surface area contributed by atoms with Gasteiger partial charge in [-0.1, -0.05) is 19.1 Å². The number of halogens is 3. The highest BCUT2D eigenvalue weighted by Gasteiger charge is 2.26. The molecule has 11 heteroatoms. The van der Waals surface area contributed by atoms with E-state index in [1.807, 2.05) is 6.92 Å². The molecule has 0 saturated carbocycles. The highest BCUT2D eigenvalue weighted by Crippen LogP contribution is 2.21. The fraction of sp³-hybridized carbons (Fsp3) is 0.417. The molecule has 2 aromatic carbocycles. The first-order valence-electron chi connectivity index (χ1n) is 11.2. The number of nitrogens with zero attached hydrogens (tertiary/aromatic N) is 2. The van der Waals surface area contributed by atoms with Gasteiger partial charge in [-0.05, 0) is 49.6 Å². The van der Waals surface area contributed by atoms with Crippen LogP contribution in [0.4, 0.5) is 18.9 Å². The van der Waals surface area contributed by atoms with E-state index < -0.39 is 39.4 Å². The maximum Gasteiger partial charge on any atom is 0.242 e. The number of anilines is 1. The SMILES string of the molecule is CCCNC(=O)[C@H](C)N(Cc1ccc(F)cc1)C(=O)CCCN(c1ccc(F)c(F)c1)S(C)(=O)=O. The molecule has 1 atom stereocenters. The standard InChI is InChI=1S/C24H30F3N3O4S/c1-4-13-28-24(32)17(2)29(16-18-7-9-19(25)10-8-18)23(31)6-5-14-30(35(3,33)34)20-11-12-21(26)22(27)15-20/h7-12,15,17H,4-6,13-14,16H2,1-3H3,(H,28,32)/t17-/m0/s1. The van der Waals surface area contributed by atoms with Gasteiger partial charge in [0.2, 0.25) is 21.8 Å². The van der Waals surface area contributed by atoms with Gasteiger partial charge in [0.25, 0.3) is 0 Å². The lowest BCUT2D eigenvalue weighted by Crippen LogP contribution is -2.47. The zero-order valence-corrected chi connectivity index (χ0v) is 20.7. The normalized spacial score (nSPS) is 12.2. The van der Waals surface area contributed by atoms with Gasteiger partial charge in [0.15, 0.2) is 11.6 Å². The van der Waals surface area contributed by atoms with Crippen LogP contribution in [0.1, 0.15) is 38.7 Å². The first-order chi connectivity index (χ1) is 16.4. The molecule has 0 aliphatic rings. The molecule has 0 aliphatic heterocycles. The quantitative estimate of drug-likeness (QED) is 0.470. The second-order valence-corrected chi connectivity index (χ2v) is 10.1. The molecule has 0 radical (unpaired) electrons. The van der Waals surface area contributed by atoms with Crippen molar-refractivity contribution in [2.45, 2.75) is 45.7 Å². The van der Waals surface area contributed by atoms with Crippen molar-refractivity contribution < 1.29 is 31.2 Å². The summed E-state index contributed by atoms with van der Waals surface area (Å²) in [4.78, 5) is 27.0. The molecule has 1 N–H and O–H groups in total. The molecule has 35 heavy (non-hydrogen) atoms. The summed E-state index contributed by atoms with van der Waals surface area (Å²) in [7, 11) is -3.84. The smallest absolute Gasteiger partial charge is 0.242 e. The Morgan fingerprint density at radius 1 is 1.03 bits per heavy atom. The maximum atomic E-state index is 13.7. The van der Waals surface area contributed by atoms with Crippen LogP contribution in [-0.2, 0) is 26.2 Å². The molecule has 0 fully saturated rings. The maximum absolute atomic E-state index is 13.7. The van der Waals surface area contributed by atoms with E-state index in [4.69, 9.17) is 0 Å². The van der Waals surface area contributed by atoms with Crippen LogP contribution in [0, 0.1) is 17.5 Å². The second kappa shape index (κ2) is 12.6. The molecule has 2 aromatic rings. The Bertz CT molecular complexity index is 1130. The van der Waals surface area contributed by atoms with Crippen molar-refractivity contribution in [2.75, 3.05) is 23.7 Å². The van der Waals surface area contributed by atoms with Crippen LogP contribution in [0.3, 0.4) is 0 Å². The van der Waals surface area contributed by atoms with E-state index in [2.05, 4.69) is 5.32 Å². The molecule has 192 valence electrons. The van der Waals surface area contributed by atoms with Crippen molar-refractivity contribution in [1.29, 1.82) is 0 Å². The number of sulfonamides is 1. The molecule has 2 amide bonds. The van der Waals surface area contributed by atoms with Gasteiger partial charge < -0.3 is 10.2 Å². The third kappa shape index (κ3) is 8.27. The highest BCUT2D eigenvalue weighted by atomic mass is 32.2. The van der Waals surface area contributed by atoms with Crippen LogP contribution < -0.4 is 9.62 Å². The van der Waals surface area contributed by atoms with Gasteiger partial charge in [0.05, 0.1) is 11.9 Å². The summed E-state index contributed by atoms with van der Waals surface area (Å²) in [6.07, 6.45) is 1.60. The number of hydrogen-bond donors (Lipinski definition) is 1. The number of carbonyl (C=O) groups excluding carboxylic acids is 2. The Morgan fingerprint density at radius 2 is 1.69 bits per heavy atom. The first kappa shape index (κ1) is 28.2. The van der Waals surface area contributed by atoms with Gasteiger partial charge >= 0.3 is 0 Å². The van der Waals surface area contributed by atoms with Crippen molar-refractivity contribution in [3.8, 4) is 0 Å². The average molecular weight is 514 g/mol. The molecule has 0 heterocycles. The molecular weight excluding hydrogens is 483 g/mol. The molecule has 0 aliphatic carbocycles. The first-order valence-corrected chi connectivity index (χ1v) is 13.0. The fourth-order valence-electron chi connectivity index (χ4n) is 3.41. The number of rotatable bonds is 12. The number of benzene rings is 2. The van der Waals surface area contributed by atoms with Gasteiger partial charge in [-0.3, -0.25) is 13.9 Å². The largest absolute Gasteiger partial charge is 0.354 e. The van der Waals surface area contributed by atoms with E-state index in [1.165, 1.54) is 29.2 Å². The summed E-state index contributed by atoms with van der Waals surface area (Å²) in [5.41, 5.74) is 0.559. The Kier molecular flexibility index (Phi) is 10.1. The minimum atomic E-state index is -3.84. The molecule has 7 nitrogen and oxygen atoms in total. The van der Waals surface area contributed by atoms with E-state index in [0.717, 1.165) is 35.2 Å². The monoisotopic (exact) mass is 513 g/mol. The summed E-state index contributed by atoms with van der Waals surface area (Å²) in [5, 5.41) is 2.74. The van der Waals surface area contributed by atoms with Crippen molar-refractivity contribution >= 4 is 27.5 Å². The van der Waals surface area contributed by atoms with Crippen LogP contribution >= 0.6 is 0 Å². The van der Waals surface area contributed by atoms with Crippen LogP contribution in [0.5, 0.6) is 0 Å². The van der Waals surface area contributed by atoms with E-state index in [9.17, 15) is 31.2 Å². The van der Waals surface area contributed by atoms with Gasteiger partial charge in [-0.15, -0.1) is 0 Å². The highest BCUT2D eigenvalue weighted by molar-refractivity contribution is 7.92. The zero-order valence-electron chi connectivity index (χ0n) is 19.9. The van der Waals surface area contributed by atoms with E-state index in [1.54, 1.807) is 6.92 Å². The van der Waals surface area contributed by atoms with Crippen LogP contribution in [0.15, 0.2) is 42.5 Å². The molecule has 0 unspecified atom stereocenters. The van der Waals surface area contributed by atoms with Gasteiger partial charge in [0.1, 0.15) is 11.9 Å². The van der Waals surface area contributed by atoms with Crippen LogP contribution in [0.2, 0.25) is 0 Å². The minimum Gasteiger partial charge on any atom is -0.354 e. The lowest BCUT2D eigenvalue weighted by molar-refractivity contribution is -0.140. The summed E-state index contributed by atoms with van der Waals surface area (Å²) in [6.45, 7) is 3.82. The number of carbonyl (C=O) groups is 2. The summed E-state index contributed by atoms with van der Waals surface area (Å²) < 4.78 is 65.6. The molecular formula is C24H30F3N3O4S. The van der Waals surface area contributed by atoms with Crippen molar-refractivity contribution in [3.63, 3.8) is 0 Å². The lowest BCUT2D eigenvalue weighted by Gasteiger charge is -2.29. The molecule has 0 saturated heterocycles. The van der Waals surface area contributed by atoms with Crippen LogP contribution in [0.25, 0.3) is 0 Å². The third-order valence-corrected chi connectivity index (χ3v) is 6.52. The predicted molar refractivity (Wildman–Crippen MR) is 127 cm³/mol. The second-order valence-electron chi connectivity index (χ2n) is 8.15. The lowest BCUT2D eigenvalue weighted by atomic mass is 10.1. The van der Waals surface area contributed by atoms with Crippen molar-refractivity contribution in [2.24, 2.45) is 0 Å². The predicted octanol–water partition coefficient (Wildman–Crippen LogP) is 3.59. The van der Waals surface area contributed by atoms with Crippen molar-refractivity contribution in [1.82, 2.24) is 10.2 Å². The Morgan fingerprint density at radius 3 is 2.26 bits per heavy atom. The number of hydrogen-bond acceptors (Lipinski definition) is 4. The number of nitrogens with one attached hydrogen (secondary N) is 1. The summed E-state index contributed by atoms with van der Waals surface area (Å²) in [6, 6.07) is 7.46. The Hall–Kier alpha value is -3.08.